The van der Waals surface area contributed by atoms with Gasteiger partial charge in [0.15, 0.2) is 10.9 Å². The number of amides is 1. The summed E-state index contributed by atoms with van der Waals surface area (Å²) in [7, 11) is 1.95. The maximum absolute atomic E-state index is 12.0. The summed E-state index contributed by atoms with van der Waals surface area (Å²) in [5.74, 6) is 0.313. The average molecular weight is 314 g/mol. The predicted molar refractivity (Wildman–Crippen MR) is 83.0 cm³/mol. The zero-order valence-corrected chi connectivity index (χ0v) is 12.9. The molecule has 1 N–H and O–H groups in total. The Hall–Kier alpha value is -2.54. The number of nitrogens with zero attached hydrogens (tertiary/aromatic N) is 3. The summed E-state index contributed by atoms with van der Waals surface area (Å²) < 4.78 is 6.84. The van der Waals surface area contributed by atoms with Gasteiger partial charge in [-0.2, -0.15) is 0 Å². The van der Waals surface area contributed by atoms with Crippen LogP contribution in [0, 0.1) is 6.92 Å². The van der Waals surface area contributed by atoms with E-state index in [9.17, 15) is 4.79 Å². The number of aromatic nitrogens is 3. The molecule has 0 atom stereocenters. The van der Waals surface area contributed by atoms with Crippen LogP contribution in [0.1, 0.15) is 16.2 Å². The molecule has 2 aromatic heterocycles. The highest BCUT2D eigenvalue weighted by atomic mass is 32.2. The van der Waals surface area contributed by atoms with Crippen LogP contribution in [0.15, 0.2) is 57.3 Å². The molecule has 0 aliphatic rings. The van der Waals surface area contributed by atoms with Gasteiger partial charge in [-0.1, -0.05) is 16.9 Å². The summed E-state index contributed by atoms with van der Waals surface area (Å²) in [6.07, 6.45) is 3.66. The van der Waals surface area contributed by atoms with Gasteiger partial charge in [-0.3, -0.25) is 4.79 Å². The molecule has 7 heteroatoms. The Morgan fingerprint density at radius 3 is 2.68 bits per heavy atom. The van der Waals surface area contributed by atoms with Crippen molar-refractivity contribution in [3.05, 3.63) is 54.2 Å². The summed E-state index contributed by atoms with van der Waals surface area (Å²) in [4.78, 5) is 17.3. The van der Waals surface area contributed by atoms with Crippen LogP contribution in [-0.4, -0.2) is 20.6 Å². The molecular formula is C15H14N4O2S. The number of rotatable bonds is 4. The Bertz CT molecular complexity index is 792. The maximum Gasteiger partial charge on any atom is 0.277 e. The molecule has 112 valence electrons. The van der Waals surface area contributed by atoms with Gasteiger partial charge in [0.25, 0.3) is 5.91 Å². The lowest BCUT2D eigenvalue weighted by molar-refractivity contribution is 0.101. The second-order valence-electron chi connectivity index (χ2n) is 4.72. The van der Waals surface area contributed by atoms with E-state index in [0.717, 1.165) is 10.1 Å². The van der Waals surface area contributed by atoms with E-state index in [1.165, 1.54) is 0 Å². The third-order valence-electron chi connectivity index (χ3n) is 2.96. The molecule has 22 heavy (non-hydrogen) atoms. The smallest absolute Gasteiger partial charge is 0.277 e. The molecule has 3 aromatic rings. The topological polar surface area (TPSA) is 73.0 Å². The minimum absolute atomic E-state index is 0.268. The summed E-state index contributed by atoms with van der Waals surface area (Å²) in [5.41, 5.74) is 0.971. The second kappa shape index (κ2) is 6.07. The Labute approximate surface area is 131 Å². The van der Waals surface area contributed by atoms with Crippen molar-refractivity contribution in [2.45, 2.75) is 17.0 Å². The first kappa shape index (κ1) is 14.4. The van der Waals surface area contributed by atoms with Gasteiger partial charge in [0.05, 0.1) is 0 Å². The Balaban J connectivity index is 1.66. The van der Waals surface area contributed by atoms with Gasteiger partial charge in [-0.15, -0.1) is 0 Å². The fourth-order valence-corrected chi connectivity index (χ4v) is 2.63. The number of hydrogen-bond donors (Lipinski definition) is 1. The molecule has 0 aliphatic heterocycles. The molecule has 0 unspecified atom stereocenters. The quantitative estimate of drug-likeness (QED) is 0.801. The van der Waals surface area contributed by atoms with Crippen LogP contribution in [0.5, 0.6) is 0 Å². The molecule has 1 aromatic carbocycles. The van der Waals surface area contributed by atoms with Crippen molar-refractivity contribution in [1.29, 1.82) is 0 Å². The Morgan fingerprint density at radius 1 is 1.32 bits per heavy atom. The second-order valence-corrected chi connectivity index (χ2v) is 5.76. The zero-order valence-electron chi connectivity index (χ0n) is 12.1. The summed E-state index contributed by atoms with van der Waals surface area (Å²) in [5, 5.41) is 7.38. The highest BCUT2D eigenvalue weighted by Gasteiger charge is 2.11. The van der Waals surface area contributed by atoms with Gasteiger partial charge in [0.1, 0.15) is 5.76 Å². The third kappa shape index (κ3) is 3.20. The van der Waals surface area contributed by atoms with Crippen LogP contribution in [-0.2, 0) is 7.05 Å². The monoisotopic (exact) mass is 314 g/mol. The first-order valence-corrected chi connectivity index (χ1v) is 7.43. The average Bonchev–Trinajstić information content (AvgIpc) is 3.10. The van der Waals surface area contributed by atoms with Crippen LogP contribution in [0.3, 0.4) is 0 Å². The lowest BCUT2D eigenvalue weighted by atomic mass is 10.3. The number of benzene rings is 1. The minimum atomic E-state index is -0.290. The van der Waals surface area contributed by atoms with Crippen LogP contribution < -0.4 is 5.32 Å². The van der Waals surface area contributed by atoms with E-state index < -0.39 is 0 Å². The van der Waals surface area contributed by atoms with E-state index in [2.05, 4.69) is 15.5 Å². The standard InChI is InChI=1S/C15H14N4O2S/c1-10-9-13(18-21-10)14(20)17-11-3-5-12(6-4-11)22-15-16-7-8-19(15)2/h3-9H,1-2H3,(H,17,20). The number of nitrogens with one attached hydrogen (secondary N) is 1. The lowest BCUT2D eigenvalue weighted by Gasteiger charge is -2.05. The van der Waals surface area contributed by atoms with Gasteiger partial charge in [-0.05, 0) is 31.2 Å². The molecule has 0 fully saturated rings. The lowest BCUT2D eigenvalue weighted by Crippen LogP contribution is -2.11. The molecule has 0 radical (unpaired) electrons. The van der Waals surface area contributed by atoms with E-state index in [4.69, 9.17) is 4.52 Å². The molecular weight excluding hydrogens is 300 g/mol. The Kier molecular flexibility index (Phi) is 3.97. The van der Waals surface area contributed by atoms with Crippen molar-refractivity contribution in [3.8, 4) is 0 Å². The maximum atomic E-state index is 12.0. The van der Waals surface area contributed by atoms with Crippen molar-refractivity contribution in [1.82, 2.24) is 14.7 Å². The number of anilines is 1. The van der Waals surface area contributed by atoms with E-state index in [1.807, 2.05) is 42.1 Å². The number of carbonyl (C=O) groups is 1. The van der Waals surface area contributed by atoms with E-state index in [0.29, 0.717) is 11.4 Å². The van der Waals surface area contributed by atoms with Gasteiger partial charge in [0.2, 0.25) is 0 Å². The first-order chi connectivity index (χ1) is 10.6. The van der Waals surface area contributed by atoms with Crippen LogP contribution >= 0.6 is 11.8 Å². The van der Waals surface area contributed by atoms with E-state index in [1.54, 1.807) is 30.9 Å². The summed E-state index contributed by atoms with van der Waals surface area (Å²) in [6, 6.07) is 9.15. The highest BCUT2D eigenvalue weighted by Crippen LogP contribution is 2.26. The fourth-order valence-electron chi connectivity index (χ4n) is 1.83. The fraction of sp³-hybridized carbons (Fsp3) is 0.133. The molecule has 6 nitrogen and oxygen atoms in total. The van der Waals surface area contributed by atoms with Crippen LogP contribution in [0.25, 0.3) is 0 Å². The molecule has 0 spiro atoms. The predicted octanol–water partition coefficient (Wildman–Crippen LogP) is 3.12. The largest absolute Gasteiger partial charge is 0.361 e. The summed E-state index contributed by atoms with van der Waals surface area (Å²) in [6.45, 7) is 1.74. The van der Waals surface area contributed by atoms with Gasteiger partial charge in [0, 0.05) is 36.1 Å². The van der Waals surface area contributed by atoms with E-state index >= 15 is 0 Å². The molecule has 0 aliphatic carbocycles. The van der Waals surface area contributed by atoms with Gasteiger partial charge >= 0.3 is 0 Å². The van der Waals surface area contributed by atoms with Crippen molar-refractivity contribution < 1.29 is 9.32 Å². The van der Waals surface area contributed by atoms with Gasteiger partial charge in [-0.25, -0.2) is 4.98 Å². The van der Waals surface area contributed by atoms with Crippen molar-refractivity contribution in [3.63, 3.8) is 0 Å². The SMILES string of the molecule is Cc1cc(C(=O)Nc2ccc(Sc3nccn3C)cc2)no1. The molecule has 2 heterocycles. The molecule has 3 rings (SSSR count). The summed E-state index contributed by atoms with van der Waals surface area (Å²) >= 11 is 1.56. The third-order valence-corrected chi connectivity index (χ3v) is 4.04. The molecule has 0 saturated heterocycles. The molecule has 0 bridgehead atoms. The van der Waals surface area contributed by atoms with Gasteiger partial charge < -0.3 is 14.4 Å². The van der Waals surface area contributed by atoms with E-state index in [-0.39, 0.29) is 11.6 Å². The first-order valence-electron chi connectivity index (χ1n) is 6.62. The normalized spacial score (nSPS) is 10.6. The molecule has 0 saturated carbocycles. The number of hydrogen-bond acceptors (Lipinski definition) is 5. The Morgan fingerprint density at radius 2 is 2.09 bits per heavy atom. The number of carbonyl (C=O) groups excluding carboxylic acids is 1. The van der Waals surface area contributed by atoms with Crippen molar-refractivity contribution in [2.24, 2.45) is 7.05 Å². The number of aryl methyl sites for hydroxylation is 2. The highest BCUT2D eigenvalue weighted by molar-refractivity contribution is 7.99. The van der Waals surface area contributed by atoms with Crippen molar-refractivity contribution >= 4 is 23.4 Å². The van der Waals surface area contributed by atoms with Crippen LogP contribution in [0.2, 0.25) is 0 Å². The zero-order chi connectivity index (χ0) is 15.5. The molecule has 1 amide bonds. The van der Waals surface area contributed by atoms with Crippen molar-refractivity contribution in [2.75, 3.05) is 5.32 Å². The minimum Gasteiger partial charge on any atom is -0.361 e. The van der Waals surface area contributed by atoms with Crippen LogP contribution in [0.4, 0.5) is 5.69 Å². The number of imidazole rings is 1.